The second kappa shape index (κ2) is 9.03. The molecule has 0 radical (unpaired) electrons. The van der Waals surface area contributed by atoms with Crippen LogP contribution in [0.1, 0.15) is 24.8 Å². The first kappa shape index (κ1) is 17.1. The average Bonchev–Trinajstić information content (AvgIpc) is 2.47. The lowest BCUT2D eigenvalue weighted by molar-refractivity contribution is -0.134. The Kier molecular flexibility index (Phi) is 7.33. The number of nitrogen functional groups attached to an aromatic ring is 1. The van der Waals surface area contributed by atoms with E-state index in [9.17, 15) is 4.79 Å². The van der Waals surface area contributed by atoms with Crippen LogP contribution in [0.4, 0.5) is 5.69 Å². The Morgan fingerprint density at radius 3 is 2.33 bits per heavy atom. The lowest BCUT2D eigenvalue weighted by atomic mass is 10.1. The predicted octanol–water partition coefficient (Wildman–Crippen LogP) is 4.01. The summed E-state index contributed by atoms with van der Waals surface area (Å²) in [4.78, 5) is 11.7. The molecule has 0 aliphatic carbocycles. The number of halogens is 1. The number of unbranched alkanes of at least 4 members (excludes halogenated alkanes) is 1. The molecule has 2 N–H and O–H groups in total. The number of ether oxygens (including phenoxy) is 1. The van der Waals surface area contributed by atoms with E-state index >= 15 is 0 Å². The van der Waals surface area contributed by atoms with Crippen molar-refractivity contribution in [2.45, 2.75) is 25.7 Å². The van der Waals surface area contributed by atoms with E-state index in [2.05, 4.69) is 12.1 Å². The summed E-state index contributed by atoms with van der Waals surface area (Å²) in [6, 6.07) is 17.3. The van der Waals surface area contributed by atoms with E-state index < -0.39 is 0 Å². The van der Waals surface area contributed by atoms with E-state index in [4.69, 9.17) is 10.5 Å². The Bertz CT molecular complexity index is 558. The number of para-hydroxylation sites is 2. The van der Waals surface area contributed by atoms with Crippen molar-refractivity contribution in [3.63, 3.8) is 0 Å². The molecule has 2 aromatic rings. The largest absolute Gasteiger partial charge is 0.424 e. The number of nitrogens with two attached hydrogens (primary N) is 1. The predicted molar refractivity (Wildman–Crippen MR) is 87.7 cm³/mol. The zero-order chi connectivity index (χ0) is 14.2. The van der Waals surface area contributed by atoms with Gasteiger partial charge in [-0.15, -0.1) is 12.4 Å². The Balaban J connectivity index is 0.00000220. The first-order chi connectivity index (χ1) is 9.75. The fourth-order valence-electron chi connectivity index (χ4n) is 1.99. The van der Waals surface area contributed by atoms with Gasteiger partial charge in [-0.2, -0.15) is 0 Å². The van der Waals surface area contributed by atoms with Crippen LogP contribution in [0.25, 0.3) is 0 Å². The minimum atomic E-state index is -0.226. The molecular weight excluding hydrogens is 286 g/mol. The molecule has 0 atom stereocenters. The van der Waals surface area contributed by atoms with Crippen LogP contribution in [0.3, 0.4) is 0 Å². The Morgan fingerprint density at radius 2 is 1.62 bits per heavy atom. The minimum Gasteiger partial charge on any atom is -0.424 e. The molecule has 112 valence electrons. The van der Waals surface area contributed by atoms with Gasteiger partial charge in [-0.25, -0.2) is 0 Å². The summed E-state index contributed by atoms with van der Waals surface area (Å²) < 4.78 is 5.23. The summed E-state index contributed by atoms with van der Waals surface area (Å²) in [6.07, 6.45) is 3.20. The maximum atomic E-state index is 11.7. The van der Waals surface area contributed by atoms with Gasteiger partial charge in [0.05, 0.1) is 5.69 Å². The standard InChI is InChI=1S/C17H19NO2.ClH/c18-15-11-5-6-12-16(15)20-17(19)13-7-4-10-14-8-2-1-3-9-14;/h1-3,5-6,8-9,11-12H,4,7,10,13,18H2;1H. The van der Waals surface area contributed by atoms with Gasteiger partial charge in [0, 0.05) is 6.42 Å². The van der Waals surface area contributed by atoms with Gasteiger partial charge in [0.1, 0.15) is 0 Å². The quantitative estimate of drug-likeness (QED) is 0.380. The van der Waals surface area contributed by atoms with Crippen LogP contribution in [-0.2, 0) is 11.2 Å². The van der Waals surface area contributed by atoms with Crippen molar-refractivity contribution in [2.75, 3.05) is 5.73 Å². The highest BCUT2D eigenvalue weighted by atomic mass is 35.5. The zero-order valence-electron chi connectivity index (χ0n) is 11.8. The zero-order valence-corrected chi connectivity index (χ0v) is 12.6. The number of carbonyl (C=O) groups is 1. The van der Waals surface area contributed by atoms with Crippen molar-refractivity contribution >= 4 is 24.1 Å². The van der Waals surface area contributed by atoms with Crippen molar-refractivity contribution in [3.8, 4) is 5.75 Å². The van der Waals surface area contributed by atoms with Crippen molar-refractivity contribution in [1.29, 1.82) is 0 Å². The molecule has 2 rings (SSSR count). The number of hydrogen-bond donors (Lipinski definition) is 1. The van der Waals surface area contributed by atoms with Crippen LogP contribution in [0.15, 0.2) is 54.6 Å². The third-order valence-electron chi connectivity index (χ3n) is 3.08. The van der Waals surface area contributed by atoms with Crippen LogP contribution in [-0.4, -0.2) is 5.97 Å². The van der Waals surface area contributed by atoms with E-state index in [0.29, 0.717) is 17.9 Å². The van der Waals surface area contributed by atoms with Gasteiger partial charge in [0.15, 0.2) is 5.75 Å². The van der Waals surface area contributed by atoms with Gasteiger partial charge in [-0.1, -0.05) is 42.5 Å². The third-order valence-corrected chi connectivity index (χ3v) is 3.08. The Labute approximate surface area is 131 Å². The van der Waals surface area contributed by atoms with Gasteiger partial charge in [0.2, 0.25) is 0 Å². The van der Waals surface area contributed by atoms with Crippen LogP contribution in [0, 0.1) is 0 Å². The number of hydrogen-bond acceptors (Lipinski definition) is 3. The van der Waals surface area contributed by atoms with Gasteiger partial charge >= 0.3 is 5.97 Å². The summed E-state index contributed by atoms with van der Waals surface area (Å²) >= 11 is 0. The maximum Gasteiger partial charge on any atom is 0.311 e. The van der Waals surface area contributed by atoms with Crippen LogP contribution in [0.2, 0.25) is 0 Å². The fourth-order valence-corrected chi connectivity index (χ4v) is 1.99. The molecule has 0 spiro atoms. The fraction of sp³-hybridized carbons (Fsp3) is 0.235. The summed E-state index contributed by atoms with van der Waals surface area (Å²) in [5, 5.41) is 0. The first-order valence-electron chi connectivity index (χ1n) is 6.85. The molecule has 4 heteroatoms. The number of anilines is 1. The van der Waals surface area contributed by atoms with Crippen molar-refractivity contribution in [3.05, 3.63) is 60.2 Å². The van der Waals surface area contributed by atoms with Gasteiger partial charge in [-0.3, -0.25) is 4.79 Å². The normalized spacial score (nSPS) is 9.71. The van der Waals surface area contributed by atoms with E-state index in [0.717, 1.165) is 19.3 Å². The first-order valence-corrected chi connectivity index (χ1v) is 6.85. The van der Waals surface area contributed by atoms with Crippen LogP contribution in [0.5, 0.6) is 5.75 Å². The molecule has 0 saturated carbocycles. The summed E-state index contributed by atoms with van der Waals surface area (Å²) in [6.45, 7) is 0. The van der Waals surface area contributed by atoms with E-state index in [1.807, 2.05) is 24.3 Å². The molecule has 0 aromatic heterocycles. The number of esters is 1. The van der Waals surface area contributed by atoms with Crippen LogP contribution >= 0.6 is 12.4 Å². The molecular formula is C17H20ClNO2. The molecule has 0 unspecified atom stereocenters. The Morgan fingerprint density at radius 1 is 0.952 bits per heavy atom. The summed E-state index contributed by atoms with van der Waals surface area (Å²) in [7, 11) is 0. The maximum absolute atomic E-state index is 11.7. The summed E-state index contributed by atoms with van der Waals surface area (Å²) in [5.74, 6) is 0.219. The number of aryl methyl sites for hydroxylation is 1. The van der Waals surface area contributed by atoms with Crippen molar-refractivity contribution < 1.29 is 9.53 Å². The molecule has 3 nitrogen and oxygen atoms in total. The van der Waals surface area contributed by atoms with Gasteiger partial charge in [0.25, 0.3) is 0 Å². The highest BCUT2D eigenvalue weighted by molar-refractivity contribution is 5.85. The third kappa shape index (κ3) is 5.88. The smallest absolute Gasteiger partial charge is 0.311 e. The molecule has 2 aromatic carbocycles. The number of carbonyl (C=O) groups excluding carboxylic acids is 1. The molecule has 0 heterocycles. The van der Waals surface area contributed by atoms with Gasteiger partial charge in [-0.05, 0) is 37.0 Å². The minimum absolute atomic E-state index is 0. The Hall–Kier alpha value is -2.00. The van der Waals surface area contributed by atoms with Crippen LogP contribution < -0.4 is 10.5 Å². The highest BCUT2D eigenvalue weighted by Crippen LogP contribution is 2.20. The van der Waals surface area contributed by atoms with Crippen molar-refractivity contribution in [2.24, 2.45) is 0 Å². The summed E-state index contributed by atoms with van der Waals surface area (Å²) in [5.41, 5.74) is 7.51. The second-order valence-electron chi connectivity index (χ2n) is 4.70. The van der Waals surface area contributed by atoms with E-state index in [1.54, 1.807) is 18.2 Å². The molecule has 0 aliphatic heterocycles. The molecule has 0 bridgehead atoms. The van der Waals surface area contributed by atoms with Gasteiger partial charge < -0.3 is 10.5 Å². The average molecular weight is 306 g/mol. The topological polar surface area (TPSA) is 52.3 Å². The molecule has 0 aliphatic rings. The molecule has 21 heavy (non-hydrogen) atoms. The molecule has 0 fully saturated rings. The SMILES string of the molecule is Cl.Nc1ccccc1OC(=O)CCCCc1ccccc1. The number of rotatable bonds is 6. The lowest BCUT2D eigenvalue weighted by Gasteiger charge is -2.06. The van der Waals surface area contributed by atoms with Crippen molar-refractivity contribution in [1.82, 2.24) is 0 Å². The lowest BCUT2D eigenvalue weighted by Crippen LogP contribution is -2.09. The number of benzene rings is 2. The highest BCUT2D eigenvalue weighted by Gasteiger charge is 2.06. The van der Waals surface area contributed by atoms with E-state index in [-0.39, 0.29) is 18.4 Å². The molecule has 0 amide bonds. The monoisotopic (exact) mass is 305 g/mol. The second-order valence-corrected chi connectivity index (χ2v) is 4.70. The molecule has 0 saturated heterocycles. The van der Waals surface area contributed by atoms with E-state index in [1.165, 1.54) is 5.56 Å².